The van der Waals surface area contributed by atoms with Crippen molar-refractivity contribution >= 4 is 5.91 Å². The van der Waals surface area contributed by atoms with Crippen LogP contribution in [0.2, 0.25) is 0 Å². The van der Waals surface area contributed by atoms with Gasteiger partial charge < -0.3 is 14.2 Å². The number of fused-ring (bicyclic) bond motifs is 4. The van der Waals surface area contributed by atoms with Gasteiger partial charge in [-0.3, -0.25) is 14.6 Å². The molecule has 0 aliphatic carbocycles. The molecule has 2 aliphatic rings. The molecular formula is C23H29N3O3. The van der Waals surface area contributed by atoms with Crippen molar-refractivity contribution in [2.24, 2.45) is 11.8 Å². The molecule has 4 rings (SSSR count). The summed E-state index contributed by atoms with van der Waals surface area (Å²) in [7, 11) is 1.59. The van der Waals surface area contributed by atoms with E-state index < -0.39 is 0 Å². The highest BCUT2D eigenvalue weighted by atomic mass is 16.5. The highest BCUT2D eigenvalue weighted by molar-refractivity contribution is 5.92. The first kappa shape index (κ1) is 19.7. The van der Waals surface area contributed by atoms with Crippen LogP contribution >= 0.6 is 0 Å². The van der Waals surface area contributed by atoms with Crippen LogP contribution in [0.15, 0.2) is 41.3 Å². The highest BCUT2D eigenvalue weighted by Gasteiger charge is 2.41. The Morgan fingerprint density at radius 3 is 2.86 bits per heavy atom. The summed E-state index contributed by atoms with van der Waals surface area (Å²) in [6.07, 6.45) is 4.67. The molecule has 3 atom stereocenters. The molecule has 1 saturated heterocycles. The second kappa shape index (κ2) is 8.01. The molecule has 154 valence electrons. The summed E-state index contributed by atoms with van der Waals surface area (Å²) >= 11 is 0. The second-order valence-corrected chi connectivity index (χ2v) is 8.68. The first-order valence-electron chi connectivity index (χ1n) is 10.5. The Morgan fingerprint density at radius 2 is 2.10 bits per heavy atom. The van der Waals surface area contributed by atoms with Crippen molar-refractivity contribution in [2.75, 3.05) is 20.2 Å². The Kier molecular flexibility index (Phi) is 5.43. The number of carbonyl (C=O) groups excluding carboxylic acids is 1. The van der Waals surface area contributed by atoms with Crippen LogP contribution in [-0.4, -0.2) is 40.6 Å². The number of piperidine rings is 1. The molecule has 29 heavy (non-hydrogen) atoms. The van der Waals surface area contributed by atoms with E-state index >= 15 is 0 Å². The van der Waals surface area contributed by atoms with Gasteiger partial charge in [0.15, 0.2) is 0 Å². The lowest BCUT2D eigenvalue weighted by molar-refractivity contribution is 0.0507. The predicted octanol–water partition coefficient (Wildman–Crippen LogP) is 3.49. The Labute approximate surface area is 171 Å². The molecule has 2 aliphatic heterocycles. The van der Waals surface area contributed by atoms with Crippen molar-refractivity contribution in [1.29, 1.82) is 0 Å². The molecule has 2 aromatic heterocycles. The Hall–Kier alpha value is -2.63. The van der Waals surface area contributed by atoms with Gasteiger partial charge in [-0.05, 0) is 43.2 Å². The van der Waals surface area contributed by atoms with Crippen LogP contribution in [0.5, 0.6) is 5.75 Å². The third-order valence-corrected chi connectivity index (χ3v) is 6.31. The van der Waals surface area contributed by atoms with Gasteiger partial charge in [-0.1, -0.05) is 19.9 Å². The van der Waals surface area contributed by atoms with Gasteiger partial charge in [0.05, 0.1) is 7.11 Å². The summed E-state index contributed by atoms with van der Waals surface area (Å²) < 4.78 is 7.27. The van der Waals surface area contributed by atoms with Gasteiger partial charge in [-0.25, -0.2) is 0 Å². The minimum absolute atomic E-state index is 0.0621. The van der Waals surface area contributed by atoms with Gasteiger partial charge >= 0.3 is 0 Å². The maximum Gasteiger partial charge on any atom is 0.272 e. The molecule has 6 heteroatoms. The predicted molar refractivity (Wildman–Crippen MR) is 111 cm³/mol. The van der Waals surface area contributed by atoms with Crippen LogP contribution in [0.3, 0.4) is 0 Å². The van der Waals surface area contributed by atoms with E-state index in [1.807, 2.05) is 15.5 Å². The molecule has 0 saturated carbocycles. The van der Waals surface area contributed by atoms with E-state index in [1.165, 1.54) is 0 Å². The van der Waals surface area contributed by atoms with Gasteiger partial charge in [0.2, 0.25) is 0 Å². The number of nitrogens with zero attached hydrogens (tertiary/aromatic N) is 3. The van der Waals surface area contributed by atoms with Crippen LogP contribution in [0.1, 0.15) is 61.3 Å². The fourth-order valence-electron chi connectivity index (χ4n) is 4.90. The lowest BCUT2D eigenvalue weighted by Crippen LogP contribution is -2.51. The van der Waals surface area contributed by atoms with E-state index in [1.54, 1.807) is 31.5 Å². The van der Waals surface area contributed by atoms with Crippen molar-refractivity contribution < 1.29 is 9.53 Å². The van der Waals surface area contributed by atoms with Crippen molar-refractivity contribution in [3.63, 3.8) is 0 Å². The number of carbonyl (C=O) groups is 1. The number of rotatable bonds is 5. The number of methoxy groups -OCH3 is 1. The molecule has 0 spiro atoms. The third kappa shape index (κ3) is 3.80. The van der Waals surface area contributed by atoms with E-state index in [2.05, 4.69) is 24.9 Å². The Morgan fingerprint density at radius 1 is 1.28 bits per heavy atom. The molecule has 2 aromatic rings. The molecule has 1 fully saturated rings. The van der Waals surface area contributed by atoms with Crippen LogP contribution in [0, 0.1) is 11.8 Å². The zero-order valence-electron chi connectivity index (χ0n) is 17.4. The number of pyridine rings is 2. The van der Waals surface area contributed by atoms with Crippen LogP contribution in [0.4, 0.5) is 0 Å². The number of amides is 1. The van der Waals surface area contributed by atoms with Crippen molar-refractivity contribution in [3.05, 3.63) is 58.3 Å². The normalized spacial score (nSPS) is 23.0. The van der Waals surface area contributed by atoms with E-state index in [4.69, 9.17) is 4.74 Å². The number of ether oxygens (including phenoxy) is 1. The summed E-state index contributed by atoms with van der Waals surface area (Å²) in [6, 6.07) is 9.15. The molecule has 0 N–H and O–H groups in total. The molecule has 4 heterocycles. The van der Waals surface area contributed by atoms with Crippen molar-refractivity contribution in [2.45, 2.75) is 45.1 Å². The number of hydrogen-bond donors (Lipinski definition) is 0. The first-order chi connectivity index (χ1) is 14.0. The maximum atomic E-state index is 13.2. The second-order valence-electron chi connectivity index (χ2n) is 8.68. The summed E-state index contributed by atoms with van der Waals surface area (Å²) in [5.74, 6) is 1.63. The average molecular weight is 396 g/mol. The summed E-state index contributed by atoms with van der Waals surface area (Å²) in [5, 5.41) is 0. The molecule has 0 radical (unpaired) electrons. The number of hydrogen-bond acceptors (Lipinski definition) is 4. The highest BCUT2D eigenvalue weighted by Crippen LogP contribution is 2.43. The lowest BCUT2D eigenvalue weighted by Gasteiger charge is -2.47. The summed E-state index contributed by atoms with van der Waals surface area (Å²) in [5.41, 5.74) is 1.56. The number of aromatic nitrogens is 2. The van der Waals surface area contributed by atoms with Gasteiger partial charge in [0.25, 0.3) is 11.5 Å². The van der Waals surface area contributed by atoms with Crippen LogP contribution in [-0.2, 0) is 0 Å². The third-order valence-electron chi connectivity index (χ3n) is 6.31. The van der Waals surface area contributed by atoms with Gasteiger partial charge in [0.1, 0.15) is 11.4 Å². The van der Waals surface area contributed by atoms with Crippen LogP contribution in [0.25, 0.3) is 0 Å². The smallest absolute Gasteiger partial charge is 0.272 e. The van der Waals surface area contributed by atoms with E-state index in [-0.39, 0.29) is 29.3 Å². The molecule has 0 unspecified atom stereocenters. The van der Waals surface area contributed by atoms with Crippen LogP contribution < -0.4 is 10.3 Å². The first-order valence-corrected chi connectivity index (χ1v) is 10.5. The average Bonchev–Trinajstić information content (AvgIpc) is 2.73. The maximum absolute atomic E-state index is 13.2. The SMILES string of the molecule is COc1ccnc(C(=O)N2C[C@H]3C[C@@H](C2)[C@H](CCC(C)C)n2c3cccc2=O)c1. The van der Waals surface area contributed by atoms with E-state index in [0.717, 1.165) is 25.0 Å². The minimum atomic E-state index is -0.0621. The quantitative estimate of drug-likeness (QED) is 0.777. The van der Waals surface area contributed by atoms with E-state index in [9.17, 15) is 9.59 Å². The fraction of sp³-hybridized carbons (Fsp3) is 0.522. The van der Waals surface area contributed by atoms with Crippen molar-refractivity contribution in [1.82, 2.24) is 14.5 Å². The molecule has 6 nitrogen and oxygen atoms in total. The Bertz CT molecular complexity index is 952. The molecular weight excluding hydrogens is 366 g/mol. The van der Waals surface area contributed by atoms with E-state index in [0.29, 0.717) is 30.5 Å². The topological polar surface area (TPSA) is 64.4 Å². The standard InChI is InChI=1S/C23H29N3O3/c1-15(2)7-8-21-17-11-16(20-5-4-6-22(27)26(20)21)13-25(14-17)23(28)19-12-18(29-3)9-10-24-19/h4-6,9-10,12,15-17,21H,7-8,11,13-14H2,1-3H3/t16-,17+,21+/m1/s1. The monoisotopic (exact) mass is 395 g/mol. The number of likely N-dealkylation sites (tertiary alicyclic amines) is 1. The summed E-state index contributed by atoms with van der Waals surface area (Å²) in [4.78, 5) is 32.1. The zero-order valence-corrected chi connectivity index (χ0v) is 17.4. The fourth-order valence-corrected chi connectivity index (χ4v) is 4.90. The molecule has 2 bridgehead atoms. The minimum Gasteiger partial charge on any atom is -0.497 e. The molecule has 1 amide bonds. The Balaban J connectivity index is 1.65. The molecule has 0 aromatic carbocycles. The van der Waals surface area contributed by atoms with Gasteiger partial charge in [0, 0.05) is 49.1 Å². The largest absolute Gasteiger partial charge is 0.497 e. The van der Waals surface area contributed by atoms with Gasteiger partial charge in [-0.2, -0.15) is 0 Å². The lowest BCUT2D eigenvalue weighted by atomic mass is 9.76. The van der Waals surface area contributed by atoms with Gasteiger partial charge in [-0.15, -0.1) is 0 Å². The zero-order chi connectivity index (χ0) is 20.5. The summed E-state index contributed by atoms with van der Waals surface area (Å²) in [6.45, 7) is 5.71. The van der Waals surface area contributed by atoms with Crippen molar-refractivity contribution in [3.8, 4) is 5.75 Å².